The van der Waals surface area contributed by atoms with Crippen molar-refractivity contribution in [2.75, 3.05) is 6.61 Å². The molecule has 2 rings (SSSR count). The predicted octanol–water partition coefficient (Wildman–Crippen LogP) is 1.33. The van der Waals surface area contributed by atoms with E-state index in [1.54, 1.807) is 19.2 Å². The summed E-state index contributed by atoms with van der Waals surface area (Å²) >= 11 is 0. The Labute approximate surface area is 88.0 Å². The third-order valence-electron chi connectivity index (χ3n) is 2.17. The van der Waals surface area contributed by atoms with Crippen molar-refractivity contribution in [1.29, 1.82) is 0 Å². The second-order valence-corrected chi connectivity index (χ2v) is 3.19. The largest absolute Gasteiger partial charge is 0.462 e. The van der Waals surface area contributed by atoms with Crippen LogP contribution in [0.4, 0.5) is 0 Å². The maximum absolute atomic E-state index is 11.4. The average molecular weight is 204 g/mol. The van der Waals surface area contributed by atoms with Crippen molar-refractivity contribution in [3.63, 3.8) is 0 Å². The summed E-state index contributed by atoms with van der Waals surface area (Å²) in [5.74, 6) is -0.320. The summed E-state index contributed by atoms with van der Waals surface area (Å²) in [7, 11) is 0. The number of rotatable bonds is 2. The smallest absolute Gasteiger partial charge is 0.339 e. The van der Waals surface area contributed by atoms with E-state index in [1.807, 2.05) is 12.3 Å². The van der Waals surface area contributed by atoms with Crippen molar-refractivity contribution in [2.24, 2.45) is 0 Å². The Balaban J connectivity index is 2.29. The number of carbonyl (C=O) groups is 1. The minimum atomic E-state index is -0.320. The molecule has 1 aliphatic rings. The molecule has 0 aromatic carbocycles. The van der Waals surface area contributed by atoms with E-state index in [1.165, 1.54) is 0 Å². The highest BCUT2D eigenvalue weighted by Gasteiger charge is 2.11. The summed E-state index contributed by atoms with van der Waals surface area (Å²) in [5, 5.41) is 3.06. The molecule has 78 valence electrons. The first-order chi connectivity index (χ1) is 7.31. The van der Waals surface area contributed by atoms with Crippen LogP contribution in [0.2, 0.25) is 0 Å². The molecule has 0 aliphatic carbocycles. The van der Waals surface area contributed by atoms with Crippen LogP contribution in [0.5, 0.6) is 0 Å². The maximum atomic E-state index is 11.4. The molecule has 1 aliphatic heterocycles. The minimum Gasteiger partial charge on any atom is -0.462 e. The fourth-order valence-electron chi connectivity index (χ4n) is 1.43. The van der Waals surface area contributed by atoms with Crippen LogP contribution >= 0.6 is 0 Å². The third-order valence-corrected chi connectivity index (χ3v) is 2.17. The molecule has 0 saturated heterocycles. The second kappa shape index (κ2) is 4.13. The van der Waals surface area contributed by atoms with Crippen LogP contribution in [0.3, 0.4) is 0 Å². The Morgan fingerprint density at radius 2 is 2.53 bits per heavy atom. The minimum absolute atomic E-state index is 0.320. The molecule has 0 amide bonds. The van der Waals surface area contributed by atoms with E-state index < -0.39 is 0 Å². The van der Waals surface area contributed by atoms with Crippen LogP contribution in [0.25, 0.3) is 6.08 Å². The van der Waals surface area contributed by atoms with Gasteiger partial charge in [0.05, 0.1) is 24.4 Å². The highest BCUT2D eigenvalue weighted by Crippen LogP contribution is 2.14. The molecule has 0 fully saturated rings. The number of aromatic nitrogens is 1. The van der Waals surface area contributed by atoms with Crippen LogP contribution in [0.1, 0.15) is 28.5 Å². The van der Waals surface area contributed by atoms with E-state index in [0.717, 1.165) is 11.3 Å². The van der Waals surface area contributed by atoms with Crippen molar-refractivity contribution < 1.29 is 9.53 Å². The number of esters is 1. The number of nitrogens with one attached hydrogen (secondary N) is 1. The Bertz CT molecular complexity index is 413. The van der Waals surface area contributed by atoms with Crippen molar-refractivity contribution in [3.8, 4) is 0 Å². The first kappa shape index (κ1) is 9.71. The quantitative estimate of drug-likeness (QED) is 0.738. The van der Waals surface area contributed by atoms with Gasteiger partial charge in [-0.1, -0.05) is 0 Å². The van der Waals surface area contributed by atoms with Crippen molar-refractivity contribution in [2.45, 2.75) is 13.5 Å². The van der Waals surface area contributed by atoms with Gasteiger partial charge in [0.2, 0.25) is 0 Å². The van der Waals surface area contributed by atoms with E-state index in [2.05, 4.69) is 10.3 Å². The fraction of sp³-hybridized carbons (Fsp3) is 0.273. The molecular weight excluding hydrogens is 192 g/mol. The van der Waals surface area contributed by atoms with Crippen molar-refractivity contribution >= 4 is 12.0 Å². The lowest BCUT2D eigenvalue weighted by atomic mass is 10.1. The zero-order valence-electron chi connectivity index (χ0n) is 8.49. The van der Waals surface area contributed by atoms with Crippen LogP contribution < -0.4 is 5.32 Å². The Morgan fingerprint density at radius 1 is 1.67 bits per heavy atom. The Morgan fingerprint density at radius 3 is 3.33 bits per heavy atom. The summed E-state index contributed by atoms with van der Waals surface area (Å²) in [4.78, 5) is 15.6. The first-order valence-corrected chi connectivity index (χ1v) is 4.87. The maximum Gasteiger partial charge on any atom is 0.339 e. The highest BCUT2D eigenvalue weighted by molar-refractivity contribution is 5.89. The Kier molecular flexibility index (Phi) is 2.67. The number of nitrogens with zero attached hydrogens (tertiary/aromatic N) is 1. The van der Waals surface area contributed by atoms with Gasteiger partial charge in [-0.25, -0.2) is 4.79 Å². The molecule has 15 heavy (non-hydrogen) atoms. The van der Waals surface area contributed by atoms with Crippen LogP contribution in [0, 0.1) is 0 Å². The molecule has 1 aromatic heterocycles. The summed E-state index contributed by atoms with van der Waals surface area (Å²) in [6.45, 7) is 2.87. The van der Waals surface area contributed by atoms with Gasteiger partial charge in [0.1, 0.15) is 0 Å². The monoisotopic (exact) mass is 204 g/mol. The number of carbonyl (C=O) groups excluding carboxylic acids is 1. The number of pyridine rings is 1. The molecule has 0 saturated carbocycles. The summed E-state index contributed by atoms with van der Waals surface area (Å²) < 4.78 is 4.90. The molecule has 0 bridgehead atoms. The number of fused-ring (bicyclic) bond motifs is 1. The normalized spacial score (nSPS) is 12.9. The van der Waals surface area contributed by atoms with Gasteiger partial charge in [0, 0.05) is 11.8 Å². The first-order valence-electron chi connectivity index (χ1n) is 4.87. The molecule has 1 aromatic rings. The molecule has 4 nitrogen and oxygen atoms in total. The summed E-state index contributed by atoms with van der Waals surface area (Å²) in [5.41, 5.74) is 2.42. The van der Waals surface area contributed by atoms with E-state index in [-0.39, 0.29) is 5.97 Å². The number of ether oxygens (including phenoxy) is 1. The lowest BCUT2D eigenvalue weighted by molar-refractivity contribution is 0.0526. The molecule has 0 unspecified atom stereocenters. The van der Waals surface area contributed by atoms with Crippen molar-refractivity contribution in [3.05, 3.63) is 35.3 Å². The molecule has 0 spiro atoms. The zero-order valence-corrected chi connectivity index (χ0v) is 8.49. The molecular formula is C11H12N2O2. The van der Waals surface area contributed by atoms with E-state index in [9.17, 15) is 4.79 Å². The van der Waals surface area contributed by atoms with Gasteiger partial charge in [0.15, 0.2) is 0 Å². The van der Waals surface area contributed by atoms with E-state index >= 15 is 0 Å². The van der Waals surface area contributed by atoms with Gasteiger partial charge in [-0.15, -0.1) is 0 Å². The molecule has 0 atom stereocenters. The van der Waals surface area contributed by atoms with Crippen LogP contribution in [-0.4, -0.2) is 17.6 Å². The summed E-state index contributed by atoms with van der Waals surface area (Å²) in [6.07, 6.45) is 5.30. The van der Waals surface area contributed by atoms with Gasteiger partial charge >= 0.3 is 5.97 Å². The summed E-state index contributed by atoms with van der Waals surface area (Å²) in [6, 6.07) is 1.80. The van der Waals surface area contributed by atoms with E-state index in [4.69, 9.17) is 4.74 Å². The predicted molar refractivity (Wildman–Crippen MR) is 56.1 cm³/mol. The van der Waals surface area contributed by atoms with E-state index in [0.29, 0.717) is 18.7 Å². The fourth-order valence-corrected chi connectivity index (χ4v) is 1.43. The zero-order chi connectivity index (χ0) is 10.7. The van der Waals surface area contributed by atoms with Gasteiger partial charge in [0.25, 0.3) is 0 Å². The standard InChI is InChI=1S/C11H12N2O2/c1-2-15-11(14)9-5-8-3-4-12-7-10(8)13-6-9/h3-6,12H,2,7H2,1H3. The van der Waals surface area contributed by atoms with Crippen LogP contribution in [-0.2, 0) is 11.3 Å². The molecule has 2 heterocycles. The second-order valence-electron chi connectivity index (χ2n) is 3.19. The number of hydrogen-bond donors (Lipinski definition) is 1. The lowest BCUT2D eigenvalue weighted by Gasteiger charge is -2.11. The Hall–Kier alpha value is -1.84. The highest BCUT2D eigenvalue weighted by atomic mass is 16.5. The SMILES string of the molecule is CCOC(=O)c1cnc2c(c1)C=CNC2. The molecule has 1 N–H and O–H groups in total. The molecule has 0 radical (unpaired) electrons. The van der Waals surface area contributed by atoms with Gasteiger partial charge < -0.3 is 10.1 Å². The van der Waals surface area contributed by atoms with Gasteiger partial charge in [-0.2, -0.15) is 0 Å². The van der Waals surface area contributed by atoms with Gasteiger partial charge in [-0.05, 0) is 25.3 Å². The lowest BCUT2D eigenvalue weighted by Crippen LogP contribution is -2.14. The topological polar surface area (TPSA) is 51.2 Å². The van der Waals surface area contributed by atoms with Gasteiger partial charge in [-0.3, -0.25) is 4.98 Å². The average Bonchev–Trinajstić information content (AvgIpc) is 2.29. The van der Waals surface area contributed by atoms with Crippen molar-refractivity contribution in [1.82, 2.24) is 10.3 Å². The number of hydrogen-bond acceptors (Lipinski definition) is 4. The molecule has 4 heteroatoms. The van der Waals surface area contributed by atoms with Crippen LogP contribution in [0.15, 0.2) is 18.5 Å². The third kappa shape index (κ3) is 1.98.